The summed E-state index contributed by atoms with van der Waals surface area (Å²) in [4.78, 5) is 9.95. The first-order valence-corrected chi connectivity index (χ1v) is 5.13. The van der Waals surface area contributed by atoms with Crippen LogP contribution >= 0.6 is 0 Å². The van der Waals surface area contributed by atoms with E-state index in [9.17, 15) is 4.79 Å². The zero-order valence-corrected chi connectivity index (χ0v) is 8.42. The van der Waals surface area contributed by atoms with E-state index in [1.165, 1.54) is 32.1 Å². The third kappa shape index (κ3) is 14.4. The van der Waals surface area contributed by atoms with Crippen molar-refractivity contribution in [2.45, 2.75) is 51.9 Å². The molecule has 0 aliphatic heterocycles. The quantitative estimate of drug-likeness (QED) is 0.369. The van der Waals surface area contributed by atoms with Crippen LogP contribution in [0.25, 0.3) is 0 Å². The Hall–Kier alpha value is -0.133. The van der Waals surface area contributed by atoms with Crippen molar-refractivity contribution < 1.29 is 14.6 Å². The van der Waals surface area contributed by atoms with Gasteiger partial charge in [0, 0.05) is 0 Å². The summed E-state index contributed by atoms with van der Waals surface area (Å²) >= 11 is 0. The van der Waals surface area contributed by atoms with Crippen molar-refractivity contribution >= 4 is 25.0 Å². The normalized spacial score (nSPS) is 9.21. The Morgan fingerprint density at radius 3 is 2.07 bits per heavy atom. The number of ether oxygens (including phenoxy) is 1. The van der Waals surface area contributed by atoms with Gasteiger partial charge in [-0.1, -0.05) is 45.4 Å². The van der Waals surface area contributed by atoms with Crippen molar-refractivity contribution in [1.29, 1.82) is 0 Å². The van der Waals surface area contributed by atoms with Crippen LogP contribution in [0.15, 0.2) is 0 Å². The first-order valence-electron chi connectivity index (χ1n) is 5.13. The van der Waals surface area contributed by atoms with Gasteiger partial charge in [-0.05, 0) is 6.42 Å². The second kappa shape index (κ2) is 12.9. The summed E-state index contributed by atoms with van der Waals surface area (Å²) in [6.45, 7) is 2.55. The number of unbranched alkanes of at least 4 members (excludes halogenated alkanes) is 6. The Balaban J connectivity index is 0. The van der Waals surface area contributed by atoms with E-state index >= 15 is 0 Å². The number of rotatable bonds is 8. The molecule has 0 unspecified atom stereocenters. The SMILES string of the molecule is CCCCCCCCCOC(=O)O.[LiH]. The number of hydrogen-bond donors (Lipinski definition) is 1. The molecule has 0 bridgehead atoms. The van der Waals surface area contributed by atoms with E-state index < -0.39 is 6.16 Å². The monoisotopic (exact) mass is 196 g/mol. The summed E-state index contributed by atoms with van der Waals surface area (Å²) < 4.78 is 4.39. The summed E-state index contributed by atoms with van der Waals surface area (Å²) in [5, 5.41) is 8.16. The molecule has 0 saturated heterocycles. The van der Waals surface area contributed by atoms with Crippen LogP contribution in [0, 0.1) is 0 Å². The second-order valence-electron chi connectivity index (χ2n) is 3.24. The molecule has 0 atom stereocenters. The molecule has 0 rings (SSSR count). The fourth-order valence-corrected chi connectivity index (χ4v) is 1.22. The van der Waals surface area contributed by atoms with Gasteiger partial charge in [0.25, 0.3) is 0 Å². The van der Waals surface area contributed by atoms with Gasteiger partial charge in [-0.3, -0.25) is 0 Å². The maximum atomic E-state index is 9.95. The molecule has 0 aromatic carbocycles. The van der Waals surface area contributed by atoms with Crippen molar-refractivity contribution in [2.24, 2.45) is 0 Å². The number of hydrogen-bond acceptors (Lipinski definition) is 2. The Kier molecular flexibility index (Phi) is 15.0. The number of carboxylic acid groups (broad SMARTS) is 1. The molecule has 0 aliphatic carbocycles. The molecule has 0 heterocycles. The van der Waals surface area contributed by atoms with Crippen LogP contribution in [0.5, 0.6) is 0 Å². The van der Waals surface area contributed by atoms with Gasteiger partial charge in [0.05, 0.1) is 6.61 Å². The Morgan fingerprint density at radius 1 is 1.07 bits per heavy atom. The van der Waals surface area contributed by atoms with Gasteiger partial charge in [-0.2, -0.15) is 0 Å². The van der Waals surface area contributed by atoms with Crippen molar-refractivity contribution in [3.8, 4) is 0 Å². The van der Waals surface area contributed by atoms with Gasteiger partial charge >= 0.3 is 25.0 Å². The van der Waals surface area contributed by atoms with Gasteiger partial charge < -0.3 is 9.84 Å². The third-order valence-corrected chi connectivity index (χ3v) is 1.97. The van der Waals surface area contributed by atoms with Gasteiger partial charge in [0.2, 0.25) is 0 Å². The minimum atomic E-state index is -1.16. The first-order chi connectivity index (χ1) is 6.27. The average molecular weight is 196 g/mol. The van der Waals surface area contributed by atoms with Crippen molar-refractivity contribution in [1.82, 2.24) is 0 Å². The molecule has 3 nitrogen and oxygen atoms in total. The second-order valence-corrected chi connectivity index (χ2v) is 3.24. The Morgan fingerprint density at radius 2 is 1.57 bits per heavy atom. The van der Waals surface area contributed by atoms with Crippen molar-refractivity contribution in [3.63, 3.8) is 0 Å². The fraction of sp³-hybridized carbons (Fsp3) is 0.900. The summed E-state index contributed by atoms with van der Waals surface area (Å²) in [5.41, 5.74) is 0. The molecule has 0 aromatic heterocycles. The Labute approximate surface area is 98.4 Å². The molecule has 0 spiro atoms. The van der Waals surface area contributed by atoms with Crippen LogP contribution in [0.4, 0.5) is 4.79 Å². The molecule has 0 amide bonds. The van der Waals surface area contributed by atoms with Crippen molar-refractivity contribution in [3.05, 3.63) is 0 Å². The molecule has 14 heavy (non-hydrogen) atoms. The molecule has 80 valence electrons. The van der Waals surface area contributed by atoms with E-state index in [1.54, 1.807) is 0 Å². The summed E-state index contributed by atoms with van der Waals surface area (Å²) in [7, 11) is 0. The van der Waals surface area contributed by atoms with Gasteiger partial charge in [-0.15, -0.1) is 0 Å². The van der Waals surface area contributed by atoms with Gasteiger partial charge in [-0.25, -0.2) is 4.79 Å². The molecule has 0 saturated carbocycles. The maximum absolute atomic E-state index is 9.95. The summed E-state index contributed by atoms with van der Waals surface area (Å²) in [5.74, 6) is 0. The zero-order chi connectivity index (χ0) is 9.94. The van der Waals surface area contributed by atoms with E-state index in [2.05, 4.69) is 11.7 Å². The van der Waals surface area contributed by atoms with E-state index in [-0.39, 0.29) is 18.9 Å². The van der Waals surface area contributed by atoms with Crippen LogP contribution in [-0.2, 0) is 4.74 Å². The molecular weight excluding hydrogens is 175 g/mol. The van der Waals surface area contributed by atoms with Crippen LogP contribution in [0.3, 0.4) is 0 Å². The molecular formula is C10H21LiO3. The minimum absolute atomic E-state index is 0. The molecule has 0 radical (unpaired) electrons. The summed E-state index contributed by atoms with van der Waals surface area (Å²) in [6.07, 6.45) is 7.12. The molecule has 0 aromatic rings. The molecule has 0 fully saturated rings. The summed E-state index contributed by atoms with van der Waals surface area (Å²) in [6, 6.07) is 0. The molecule has 1 N–H and O–H groups in total. The molecule has 4 heteroatoms. The van der Waals surface area contributed by atoms with Crippen LogP contribution < -0.4 is 0 Å². The first kappa shape index (κ1) is 16.3. The van der Waals surface area contributed by atoms with E-state index in [1.807, 2.05) is 0 Å². The number of carbonyl (C=O) groups is 1. The van der Waals surface area contributed by atoms with E-state index in [0.29, 0.717) is 6.61 Å². The fourth-order valence-electron chi connectivity index (χ4n) is 1.22. The van der Waals surface area contributed by atoms with Crippen molar-refractivity contribution in [2.75, 3.05) is 6.61 Å². The van der Waals surface area contributed by atoms with Crippen LogP contribution in [0.1, 0.15) is 51.9 Å². The van der Waals surface area contributed by atoms with Crippen LogP contribution in [0.2, 0.25) is 0 Å². The predicted molar refractivity (Wildman–Crippen MR) is 59.1 cm³/mol. The van der Waals surface area contributed by atoms with E-state index in [0.717, 1.165) is 12.8 Å². The van der Waals surface area contributed by atoms with Crippen LogP contribution in [-0.4, -0.2) is 36.7 Å². The predicted octanol–water partition coefficient (Wildman–Crippen LogP) is 2.78. The molecule has 0 aliphatic rings. The average Bonchev–Trinajstić information content (AvgIpc) is 2.09. The van der Waals surface area contributed by atoms with E-state index in [4.69, 9.17) is 5.11 Å². The van der Waals surface area contributed by atoms with Gasteiger partial charge in [0.1, 0.15) is 0 Å². The zero-order valence-electron chi connectivity index (χ0n) is 8.42. The topological polar surface area (TPSA) is 46.5 Å². The standard InChI is InChI=1S/C10H20O3.Li.H/c1-2-3-4-5-6-7-8-9-13-10(11)12;;/h2-9H2,1H3,(H,11,12);;. The third-order valence-electron chi connectivity index (χ3n) is 1.97. The van der Waals surface area contributed by atoms with Gasteiger partial charge in [0.15, 0.2) is 0 Å². The Bertz CT molecular complexity index is 129.